The fourth-order valence-electron chi connectivity index (χ4n) is 1.54. The van der Waals surface area contributed by atoms with E-state index >= 15 is 0 Å². The lowest BCUT2D eigenvalue weighted by Gasteiger charge is -2.36. The van der Waals surface area contributed by atoms with Crippen LogP contribution in [0.1, 0.15) is 33.7 Å². The standard InChI is InChI=1S/C11H18N4O3/c1-8(15-7-12-6-13-15)10(18)14(5-9(16)17)11(2,3)4/h6-8H,5H2,1-4H3,(H,16,17). The molecule has 7 heteroatoms. The summed E-state index contributed by atoms with van der Waals surface area (Å²) < 4.78 is 1.41. The van der Waals surface area contributed by atoms with Crippen LogP contribution in [0.3, 0.4) is 0 Å². The van der Waals surface area contributed by atoms with Gasteiger partial charge in [-0.15, -0.1) is 0 Å². The summed E-state index contributed by atoms with van der Waals surface area (Å²) in [7, 11) is 0. The van der Waals surface area contributed by atoms with Crippen LogP contribution in [0.25, 0.3) is 0 Å². The summed E-state index contributed by atoms with van der Waals surface area (Å²) in [5.41, 5.74) is -0.565. The van der Waals surface area contributed by atoms with Gasteiger partial charge in [-0.1, -0.05) is 0 Å². The molecule has 1 rings (SSSR count). The highest BCUT2D eigenvalue weighted by Gasteiger charge is 2.32. The average molecular weight is 254 g/mol. The molecule has 0 radical (unpaired) electrons. The number of carbonyl (C=O) groups is 2. The number of carboxylic acids is 1. The van der Waals surface area contributed by atoms with Crippen molar-refractivity contribution in [3.63, 3.8) is 0 Å². The number of nitrogens with zero attached hydrogens (tertiary/aromatic N) is 4. The molecule has 1 amide bonds. The molecule has 1 unspecified atom stereocenters. The monoisotopic (exact) mass is 254 g/mol. The molecule has 0 aromatic carbocycles. The molecule has 1 aromatic heterocycles. The van der Waals surface area contributed by atoms with E-state index in [2.05, 4.69) is 10.1 Å². The minimum absolute atomic E-state index is 0.296. The summed E-state index contributed by atoms with van der Waals surface area (Å²) in [4.78, 5) is 28.2. The SMILES string of the molecule is CC(C(=O)N(CC(=O)O)C(C)(C)C)n1cncn1. The van der Waals surface area contributed by atoms with E-state index in [1.54, 1.807) is 27.7 Å². The second-order valence-corrected chi connectivity index (χ2v) is 5.04. The Hall–Kier alpha value is -1.92. The maximum Gasteiger partial charge on any atom is 0.323 e. The van der Waals surface area contributed by atoms with Crippen LogP contribution in [0.4, 0.5) is 0 Å². The van der Waals surface area contributed by atoms with E-state index in [0.29, 0.717) is 0 Å². The maximum absolute atomic E-state index is 12.3. The van der Waals surface area contributed by atoms with Gasteiger partial charge in [0.2, 0.25) is 5.91 Å². The van der Waals surface area contributed by atoms with E-state index in [4.69, 9.17) is 5.11 Å². The Kier molecular flexibility index (Phi) is 4.05. The van der Waals surface area contributed by atoms with Gasteiger partial charge in [0.25, 0.3) is 0 Å². The molecule has 1 atom stereocenters. The van der Waals surface area contributed by atoms with Gasteiger partial charge in [0.15, 0.2) is 0 Å². The van der Waals surface area contributed by atoms with Crippen molar-refractivity contribution in [3.8, 4) is 0 Å². The summed E-state index contributed by atoms with van der Waals surface area (Å²) in [6.45, 7) is 6.71. The van der Waals surface area contributed by atoms with Gasteiger partial charge in [-0.3, -0.25) is 9.59 Å². The minimum atomic E-state index is -1.04. The molecule has 0 aliphatic carbocycles. The molecule has 0 bridgehead atoms. The van der Waals surface area contributed by atoms with Crippen LogP contribution in [0.15, 0.2) is 12.7 Å². The van der Waals surface area contributed by atoms with Gasteiger partial charge < -0.3 is 10.0 Å². The predicted octanol–water partition coefficient (Wildman–Crippen LogP) is 0.551. The second-order valence-electron chi connectivity index (χ2n) is 5.04. The average Bonchev–Trinajstić information content (AvgIpc) is 2.75. The van der Waals surface area contributed by atoms with Crippen molar-refractivity contribution in [1.29, 1.82) is 0 Å². The van der Waals surface area contributed by atoms with Crippen LogP contribution in [-0.2, 0) is 9.59 Å². The van der Waals surface area contributed by atoms with Crippen molar-refractivity contribution in [3.05, 3.63) is 12.7 Å². The van der Waals surface area contributed by atoms with Crippen molar-refractivity contribution in [1.82, 2.24) is 19.7 Å². The van der Waals surface area contributed by atoms with Gasteiger partial charge in [-0.2, -0.15) is 5.10 Å². The molecule has 100 valence electrons. The van der Waals surface area contributed by atoms with E-state index < -0.39 is 17.6 Å². The Morgan fingerprint density at radius 2 is 2.06 bits per heavy atom. The largest absolute Gasteiger partial charge is 0.480 e. The third-order valence-electron chi connectivity index (χ3n) is 2.56. The molecule has 7 nitrogen and oxygen atoms in total. The van der Waals surface area contributed by atoms with Crippen LogP contribution in [0.5, 0.6) is 0 Å². The molecule has 1 aromatic rings. The Bertz CT molecular complexity index is 422. The normalized spacial score (nSPS) is 13.1. The Morgan fingerprint density at radius 1 is 1.44 bits per heavy atom. The van der Waals surface area contributed by atoms with Gasteiger partial charge in [0.05, 0.1) is 0 Å². The Morgan fingerprint density at radius 3 is 2.44 bits per heavy atom. The van der Waals surface area contributed by atoms with Gasteiger partial charge in [0, 0.05) is 5.54 Å². The zero-order valence-corrected chi connectivity index (χ0v) is 11.0. The molecule has 0 spiro atoms. The lowest BCUT2D eigenvalue weighted by atomic mass is 10.0. The summed E-state index contributed by atoms with van der Waals surface area (Å²) in [5, 5.41) is 12.8. The smallest absolute Gasteiger partial charge is 0.323 e. The maximum atomic E-state index is 12.3. The summed E-state index contributed by atoms with van der Waals surface area (Å²) >= 11 is 0. The Labute approximate surface area is 105 Å². The molecular formula is C11H18N4O3. The molecule has 1 N–H and O–H groups in total. The highest BCUT2D eigenvalue weighted by atomic mass is 16.4. The van der Waals surface area contributed by atoms with Crippen molar-refractivity contribution in [2.45, 2.75) is 39.3 Å². The van der Waals surface area contributed by atoms with Crippen LogP contribution in [0.2, 0.25) is 0 Å². The third kappa shape index (κ3) is 3.28. The topological polar surface area (TPSA) is 88.3 Å². The van der Waals surface area contributed by atoms with Gasteiger partial charge in [-0.25, -0.2) is 9.67 Å². The minimum Gasteiger partial charge on any atom is -0.480 e. The molecule has 0 aliphatic heterocycles. The first kappa shape index (κ1) is 14.1. The summed E-state index contributed by atoms with van der Waals surface area (Å²) in [6, 6.07) is -0.578. The van der Waals surface area contributed by atoms with Crippen LogP contribution in [-0.4, -0.2) is 48.7 Å². The number of carboxylic acid groups (broad SMARTS) is 1. The molecule has 0 saturated carbocycles. The highest BCUT2D eigenvalue weighted by Crippen LogP contribution is 2.18. The van der Waals surface area contributed by atoms with E-state index in [-0.39, 0.29) is 12.5 Å². The first-order chi connectivity index (χ1) is 8.23. The first-order valence-electron chi connectivity index (χ1n) is 5.61. The number of amides is 1. The molecule has 0 aliphatic rings. The van der Waals surface area contributed by atoms with Gasteiger partial charge >= 0.3 is 5.97 Å². The fourth-order valence-corrected chi connectivity index (χ4v) is 1.54. The fraction of sp³-hybridized carbons (Fsp3) is 0.636. The van der Waals surface area contributed by atoms with Crippen molar-refractivity contribution in [2.75, 3.05) is 6.54 Å². The van der Waals surface area contributed by atoms with E-state index in [1.165, 1.54) is 22.2 Å². The van der Waals surface area contributed by atoms with E-state index in [9.17, 15) is 9.59 Å². The van der Waals surface area contributed by atoms with E-state index in [0.717, 1.165) is 0 Å². The van der Waals surface area contributed by atoms with Crippen molar-refractivity contribution in [2.24, 2.45) is 0 Å². The summed E-state index contributed by atoms with van der Waals surface area (Å²) in [6.07, 6.45) is 2.77. The molecule has 18 heavy (non-hydrogen) atoms. The van der Waals surface area contributed by atoms with Crippen molar-refractivity contribution >= 4 is 11.9 Å². The number of rotatable bonds is 4. The number of hydrogen-bond acceptors (Lipinski definition) is 4. The Balaban J connectivity index is 2.92. The highest BCUT2D eigenvalue weighted by molar-refractivity contribution is 5.84. The first-order valence-corrected chi connectivity index (χ1v) is 5.61. The molecule has 0 saturated heterocycles. The van der Waals surface area contributed by atoms with Gasteiger partial charge in [-0.05, 0) is 27.7 Å². The van der Waals surface area contributed by atoms with Crippen molar-refractivity contribution < 1.29 is 14.7 Å². The molecule has 0 fully saturated rings. The lowest BCUT2D eigenvalue weighted by molar-refractivity contribution is -0.150. The quantitative estimate of drug-likeness (QED) is 0.847. The lowest BCUT2D eigenvalue weighted by Crippen LogP contribution is -2.50. The number of hydrogen-bond donors (Lipinski definition) is 1. The second kappa shape index (κ2) is 5.16. The van der Waals surface area contributed by atoms with Crippen LogP contribution >= 0.6 is 0 Å². The zero-order chi connectivity index (χ0) is 13.9. The molecular weight excluding hydrogens is 236 g/mol. The van der Waals surface area contributed by atoms with Gasteiger partial charge in [0.1, 0.15) is 25.2 Å². The van der Waals surface area contributed by atoms with E-state index in [1.807, 2.05) is 0 Å². The summed E-state index contributed by atoms with van der Waals surface area (Å²) in [5.74, 6) is -1.33. The third-order valence-corrected chi connectivity index (χ3v) is 2.56. The number of aromatic nitrogens is 3. The van der Waals surface area contributed by atoms with Crippen LogP contribution < -0.4 is 0 Å². The van der Waals surface area contributed by atoms with Crippen LogP contribution in [0, 0.1) is 0 Å². The predicted molar refractivity (Wildman–Crippen MR) is 63.8 cm³/mol. The molecule has 1 heterocycles. The zero-order valence-electron chi connectivity index (χ0n) is 11.0. The number of carbonyl (C=O) groups excluding carboxylic acids is 1. The number of aliphatic carboxylic acids is 1.